The number of hydrogen-bond donors (Lipinski definition) is 2. The Balaban J connectivity index is 1.89. The molecular weight excluding hydrogens is 415 g/mol. The van der Waals surface area contributed by atoms with Gasteiger partial charge in [-0.25, -0.2) is 17.5 Å². The van der Waals surface area contributed by atoms with E-state index in [-0.39, 0.29) is 23.5 Å². The number of methoxy groups -OCH3 is 1. The Morgan fingerprint density at radius 3 is 2.48 bits per heavy atom. The first kappa shape index (κ1) is 19.4. The van der Waals surface area contributed by atoms with Crippen molar-refractivity contribution in [1.82, 2.24) is 4.72 Å². The van der Waals surface area contributed by atoms with Crippen LogP contribution < -0.4 is 14.8 Å². The van der Waals surface area contributed by atoms with Gasteiger partial charge in [0.05, 0.1) is 17.7 Å². The Labute approximate surface area is 153 Å². The van der Waals surface area contributed by atoms with Crippen LogP contribution in [0.4, 0.5) is 10.1 Å². The van der Waals surface area contributed by atoms with E-state index < -0.39 is 21.7 Å². The summed E-state index contributed by atoms with van der Waals surface area (Å²) in [6.07, 6.45) is -0.134. The Kier molecular flexibility index (Phi) is 6.51. The van der Waals surface area contributed by atoms with Gasteiger partial charge in [0.1, 0.15) is 11.6 Å². The molecule has 6 nitrogen and oxygen atoms in total. The van der Waals surface area contributed by atoms with Crippen molar-refractivity contribution >= 4 is 37.5 Å². The molecule has 0 unspecified atom stereocenters. The largest absolute Gasteiger partial charge is 0.497 e. The molecule has 134 valence electrons. The fourth-order valence-corrected chi connectivity index (χ4v) is 3.31. The monoisotopic (exact) mass is 430 g/mol. The molecule has 0 aliphatic heterocycles. The second-order valence-electron chi connectivity index (χ2n) is 5.00. The van der Waals surface area contributed by atoms with Crippen LogP contribution in [0.5, 0.6) is 5.75 Å². The first-order valence-corrected chi connectivity index (χ1v) is 9.48. The normalized spacial score (nSPS) is 11.2. The third-order valence-corrected chi connectivity index (χ3v) is 5.19. The predicted octanol–water partition coefficient (Wildman–Crippen LogP) is 2.90. The number of amides is 1. The van der Waals surface area contributed by atoms with Crippen molar-refractivity contribution in [2.45, 2.75) is 11.3 Å². The number of halogens is 2. The molecule has 0 heterocycles. The van der Waals surface area contributed by atoms with Crippen LogP contribution >= 0.6 is 15.9 Å². The molecule has 0 fully saturated rings. The second kappa shape index (κ2) is 8.41. The Bertz CT molecular complexity index is 857. The number of hydrogen-bond acceptors (Lipinski definition) is 4. The molecule has 9 heteroatoms. The van der Waals surface area contributed by atoms with Crippen LogP contribution in [0.2, 0.25) is 0 Å². The van der Waals surface area contributed by atoms with Crippen molar-refractivity contribution in [3.63, 3.8) is 0 Å². The average molecular weight is 431 g/mol. The molecule has 0 saturated heterocycles. The Morgan fingerprint density at radius 1 is 1.20 bits per heavy atom. The fraction of sp³-hybridized carbons (Fsp3) is 0.188. The van der Waals surface area contributed by atoms with E-state index in [1.54, 1.807) is 6.07 Å². The highest BCUT2D eigenvalue weighted by Gasteiger charge is 2.14. The van der Waals surface area contributed by atoms with Gasteiger partial charge in [-0.15, -0.1) is 0 Å². The number of nitrogens with one attached hydrogen (secondary N) is 2. The molecule has 0 radical (unpaired) electrons. The minimum Gasteiger partial charge on any atom is -0.497 e. The first-order valence-electron chi connectivity index (χ1n) is 7.20. The van der Waals surface area contributed by atoms with Crippen molar-refractivity contribution in [2.24, 2.45) is 0 Å². The highest BCUT2D eigenvalue weighted by Crippen LogP contribution is 2.19. The average Bonchev–Trinajstić information content (AvgIpc) is 2.57. The Hall–Kier alpha value is -1.97. The summed E-state index contributed by atoms with van der Waals surface area (Å²) in [4.78, 5) is 11.9. The molecule has 0 aliphatic rings. The van der Waals surface area contributed by atoms with Gasteiger partial charge in [0.15, 0.2) is 0 Å². The van der Waals surface area contributed by atoms with E-state index in [1.807, 2.05) is 0 Å². The van der Waals surface area contributed by atoms with Gasteiger partial charge in [-0.1, -0.05) is 15.9 Å². The highest BCUT2D eigenvalue weighted by molar-refractivity contribution is 9.10. The number of sulfonamides is 1. The zero-order valence-corrected chi connectivity index (χ0v) is 15.7. The predicted molar refractivity (Wildman–Crippen MR) is 95.5 cm³/mol. The van der Waals surface area contributed by atoms with Gasteiger partial charge in [0.2, 0.25) is 15.9 Å². The lowest BCUT2D eigenvalue weighted by Gasteiger charge is -2.09. The third kappa shape index (κ3) is 5.52. The van der Waals surface area contributed by atoms with Crippen LogP contribution in [0.3, 0.4) is 0 Å². The van der Waals surface area contributed by atoms with Gasteiger partial charge in [0.25, 0.3) is 0 Å². The molecule has 2 aromatic rings. The summed E-state index contributed by atoms with van der Waals surface area (Å²) in [7, 11) is -2.25. The fourth-order valence-electron chi connectivity index (χ4n) is 1.94. The van der Waals surface area contributed by atoms with Gasteiger partial charge in [-0.3, -0.25) is 4.79 Å². The van der Waals surface area contributed by atoms with Crippen LogP contribution in [-0.4, -0.2) is 28.0 Å². The third-order valence-electron chi connectivity index (χ3n) is 3.22. The van der Waals surface area contributed by atoms with E-state index in [4.69, 9.17) is 4.74 Å². The van der Waals surface area contributed by atoms with Crippen LogP contribution in [-0.2, 0) is 14.8 Å². The number of anilines is 1. The first-order chi connectivity index (χ1) is 11.8. The van der Waals surface area contributed by atoms with Crippen molar-refractivity contribution in [1.29, 1.82) is 0 Å². The van der Waals surface area contributed by atoms with Crippen molar-refractivity contribution < 1.29 is 22.3 Å². The molecule has 0 spiro atoms. The summed E-state index contributed by atoms with van der Waals surface area (Å²) < 4.78 is 45.7. The number of carbonyl (C=O) groups excluding carboxylic acids is 1. The molecule has 0 bridgehead atoms. The minimum atomic E-state index is -3.73. The van der Waals surface area contributed by atoms with Gasteiger partial charge >= 0.3 is 0 Å². The number of rotatable bonds is 7. The summed E-state index contributed by atoms with van der Waals surface area (Å²) in [6, 6.07) is 10.1. The molecule has 0 aromatic heterocycles. The number of ether oxygens (including phenoxy) is 1. The molecule has 2 aromatic carbocycles. The molecule has 0 saturated carbocycles. The van der Waals surface area contributed by atoms with E-state index in [0.29, 0.717) is 10.2 Å². The van der Waals surface area contributed by atoms with E-state index in [2.05, 4.69) is 26.0 Å². The van der Waals surface area contributed by atoms with Gasteiger partial charge < -0.3 is 10.1 Å². The van der Waals surface area contributed by atoms with Gasteiger partial charge in [-0.05, 0) is 42.5 Å². The molecule has 2 N–H and O–H groups in total. The minimum absolute atomic E-state index is 0.0335. The molecule has 2 rings (SSSR count). The molecule has 25 heavy (non-hydrogen) atoms. The van der Waals surface area contributed by atoms with Crippen molar-refractivity contribution in [2.75, 3.05) is 19.0 Å². The lowest BCUT2D eigenvalue weighted by molar-refractivity contribution is -0.116. The van der Waals surface area contributed by atoms with E-state index >= 15 is 0 Å². The lowest BCUT2D eigenvalue weighted by atomic mass is 10.3. The second-order valence-corrected chi connectivity index (χ2v) is 7.68. The van der Waals surface area contributed by atoms with Gasteiger partial charge in [-0.2, -0.15) is 0 Å². The van der Waals surface area contributed by atoms with Crippen molar-refractivity contribution in [3.05, 3.63) is 52.8 Å². The maximum absolute atomic E-state index is 13.6. The Morgan fingerprint density at radius 2 is 1.88 bits per heavy atom. The van der Waals surface area contributed by atoms with E-state index in [9.17, 15) is 17.6 Å². The van der Waals surface area contributed by atoms with Crippen LogP contribution in [0.15, 0.2) is 51.8 Å². The maximum atomic E-state index is 13.6. The molecular formula is C16H16BrFN2O4S. The SMILES string of the molecule is COc1ccc(S(=O)(=O)NCCC(=O)Nc2ccc(Br)cc2F)cc1. The zero-order valence-electron chi connectivity index (χ0n) is 13.3. The smallest absolute Gasteiger partial charge is 0.240 e. The number of benzene rings is 2. The molecule has 0 atom stereocenters. The summed E-state index contributed by atoms with van der Waals surface area (Å²) in [5.41, 5.74) is 0.0335. The van der Waals surface area contributed by atoms with E-state index in [1.165, 1.54) is 43.5 Å². The summed E-state index contributed by atoms with van der Waals surface area (Å²) in [5.74, 6) is -0.546. The number of carbonyl (C=O) groups is 1. The summed E-state index contributed by atoms with van der Waals surface area (Å²) in [6.45, 7) is -0.113. The maximum Gasteiger partial charge on any atom is 0.240 e. The molecule has 1 amide bonds. The summed E-state index contributed by atoms with van der Waals surface area (Å²) in [5, 5.41) is 2.39. The van der Waals surface area contributed by atoms with Crippen molar-refractivity contribution in [3.8, 4) is 5.75 Å². The van der Waals surface area contributed by atoms with Crippen LogP contribution in [0.1, 0.15) is 6.42 Å². The van der Waals surface area contributed by atoms with Crippen LogP contribution in [0.25, 0.3) is 0 Å². The van der Waals surface area contributed by atoms with Crippen LogP contribution in [0, 0.1) is 5.82 Å². The standard InChI is InChI=1S/C16H16BrFN2O4S/c1-24-12-3-5-13(6-4-12)25(22,23)19-9-8-16(21)20-15-7-2-11(17)10-14(15)18/h2-7,10,19H,8-9H2,1H3,(H,20,21). The molecule has 0 aliphatic carbocycles. The van der Waals surface area contributed by atoms with Gasteiger partial charge in [0, 0.05) is 17.4 Å². The van der Waals surface area contributed by atoms with E-state index in [0.717, 1.165) is 0 Å². The topological polar surface area (TPSA) is 84.5 Å². The quantitative estimate of drug-likeness (QED) is 0.706. The summed E-state index contributed by atoms with van der Waals surface area (Å²) >= 11 is 3.12. The lowest BCUT2D eigenvalue weighted by Crippen LogP contribution is -2.28. The zero-order chi connectivity index (χ0) is 18.4. The highest BCUT2D eigenvalue weighted by atomic mass is 79.9.